The van der Waals surface area contributed by atoms with Gasteiger partial charge < -0.3 is 4.90 Å². The average molecular weight is 167 g/mol. The molecule has 2 aliphatic rings. The zero-order valence-corrected chi connectivity index (χ0v) is 8.47. The fraction of sp³-hybridized carbons (Fsp3) is 1.00. The lowest BCUT2D eigenvalue weighted by Gasteiger charge is -2.38. The van der Waals surface area contributed by atoms with Crippen LogP contribution in [0.25, 0.3) is 0 Å². The van der Waals surface area contributed by atoms with Gasteiger partial charge in [0.1, 0.15) is 0 Å². The van der Waals surface area contributed by atoms with E-state index in [1.54, 1.807) is 0 Å². The van der Waals surface area contributed by atoms with Crippen molar-refractivity contribution in [2.24, 2.45) is 5.41 Å². The summed E-state index contributed by atoms with van der Waals surface area (Å²) in [5.41, 5.74) is 0.788. The number of hydrogen-bond donors (Lipinski definition) is 0. The molecular weight excluding hydrogens is 146 g/mol. The molecule has 1 heterocycles. The summed E-state index contributed by atoms with van der Waals surface area (Å²) in [7, 11) is 0. The van der Waals surface area contributed by atoms with Gasteiger partial charge >= 0.3 is 0 Å². The van der Waals surface area contributed by atoms with Crippen LogP contribution < -0.4 is 0 Å². The molecule has 0 aromatic carbocycles. The highest BCUT2D eigenvalue weighted by Crippen LogP contribution is 2.50. The first-order chi connectivity index (χ1) is 5.79. The van der Waals surface area contributed by atoms with Gasteiger partial charge in [0.05, 0.1) is 0 Å². The maximum Gasteiger partial charge on any atom is 0.00985 e. The maximum absolute atomic E-state index is 2.69. The molecule has 1 nitrogen and oxygen atoms in total. The molecule has 1 spiro atoms. The Morgan fingerprint density at radius 3 is 2.42 bits per heavy atom. The summed E-state index contributed by atoms with van der Waals surface area (Å²) < 4.78 is 0. The van der Waals surface area contributed by atoms with Crippen LogP contribution in [0.3, 0.4) is 0 Å². The number of nitrogens with zero attached hydrogens (tertiary/aromatic N) is 1. The van der Waals surface area contributed by atoms with E-state index in [-0.39, 0.29) is 0 Å². The maximum atomic E-state index is 2.69. The Bertz CT molecular complexity index is 146. The molecular formula is C11H21N. The van der Waals surface area contributed by atoms with Gasteiger partial charge in [-0.25, -0.2) is 0 Å². The smallest absolute Gasteiger partial charge is 0.00985 e. The van der Waals surface area contributed by atoms with Crippen LogP contribution >= 0.6 is 0 Å². The monoisotopic (exact) mass is 167 g/mol. The molecule has 1 saturated heterocycles. The Labute approximate surface area is 76.1 Å². The first kappa shape index (κ1) is 8.55. The first-order valence-electron chi connectivity index (χ1n) is 5.54. The Balaban J connectivity index is 1.99. The summed E-state index contributed by atoms with van der Waals surface area (Å²) >= 11 is 0. The lowest BCUT2D eigenvalue weighted by atomic mass is 9.67. The van der Waals surface area contributed by atoms with Crippen molar-refractivity contribution in [3.63, 3.8) is 0 Å². The van der Waals surface area contributed by atoms with E-state index in [9.17, 15) is 0 Å². The Hall–Kier alpha value is -0.0400. The topological polar surface area (TPSA) is 3.24 Å². The molecule has 1 atom stereocenters. The average Bonchev–Trinajstić information content (AvgIpc) is 2.42. The van der Waals surface area contributed by atoms with Crippen molar-refractivity contribution in [1.29, 1.82) is 0 Å². The normalized spacial score (nSPS) is 34.0. The highest BCUT2D eigenvalue weighted by Gasteiger charge is 2.46. The molecule has 0 amide bonds. The third-order valence-electron chi connectivity index (χ3n) is 4.02. The van der Waals surface area contributed by atoms with Gasteiger partial charge in [0, 0.05) is 12.6 Å². The van der Waals surface area contributed by atoms with Crippen molar-refractivity contribution in [2.75, 3.05) is 13.1 Å². The largest absolute Gasteiger partial charge is 0.300 e. The van der Waals surface area contributed by atoms with E-state index >= 15 is 0 Å². The Morgan fingerprint density at radius 2 is 2.08 bits per heavy atom. The van der Waals surface area contributed by atoms with E-state index in [1.807, 2.05) is 0 Å². The van der Waals surface area contributed by atoms with Crippen molar-refractivity contribution in [3.05, 3.63) is 0 Å². The van der Waals surface area contributed by atoms with Crippen LogP contribution in [0.2, 0.25) is 0 Å². The van der Waals surface area contributed by atoms with E-state index in [2.05, 4.69) is 18.7 Å². The van der Waals surface area contributed by atoms with Crippen molar-refractivity contribution in [2.45, 2.75) is 52.0 Å². The molecule has 12 heavy (non-hydrogen) atoms. The molecule has 0 aromatic rings. The molecule has 2 rings (SSSR count). The van der Waals surface area contributed by atoms with Crippen LogP contribution in [-0.4, -0.2) is 24.0 Å². The molecule has 1 heteroatoms. The van der Waals surface area contributed by atoms with Crippen LogP contribution in [0.15, 0.2) is 0 Å². The van der Waals surface area contributed by atoms with Crippen molar-refractivity contribution in [1.82, 2.24) is 4.90 Å². The second kappa shape index (κ2) is 3.02. The molecule has 0 N–H and O–H groups in total. The van der Waals surface area contributed by atoms with Gasteiger partial charge in [-0.3, -0.25) is 0 Å². The molecule has 0 bridgehead atoms. The zero-order valence-electron chi connectivity index (χ0n) is 8.47. The number of likely N-dealkylation sites (tertiary alicyclic amines) is 1. The van der Waals surface area contributed by atoms with E-state index < -0.39 is 0 Å². The van der Waals surface area contributed by atoms with Gasteiger partial charge in [0.25, 0.3) is 0 Å². The molecule has 0 aromatic heterocycles. The van der Waals surface area contributed by atoms with Gasteiger partial charge in [-0.15, -0.1) is 0 Å². The Kier molecular flexibility index (Phi) is 2.16. The highest BCUT2D eigenvalue weighted by molar-refractivity contribution is 4.99. The Morgan fingerprint density at radius 1 is 1.33 bits per heavy atom. The van der Waals surface area contributed by atoms with Gasteiger partial charge in [-0.05, 0) is 37.6 Å². The van der Waals surface area contributed by atoms with Gasteiger partial charge in [0.2, 0.25) is 0 Å². The van der Waals surface area contributed by atoms with Crippen molar-refractivity contribution >= 4 is 0 Å². The molecule has 1 unspecified atom stereocenters. The highest BCUT2D eigenvalue weighted by atomic mass is 15.2. The van der Waals surface area contributed by atoms with Crippen LogP contribution in [0, 0.1) is 5.41 Å². The van der Waals surface area contributed by atoms with Crippen LogP contribution in [0.5, 0.6) is 0 Å². The minimum absolute atomic E-state index is 0.788. The fourth-order valence-electron chi connectivity index (χ4n) is 3.06. The molecule has 1 aliphatic heterocycles. The summed E-state index contributed by atoms with van der Waals surface area (Å²) in [6.45, 7) is 7.31. The molecule has 1 aliphatic carbocycles. The molecule has 70 valence electrons. The van der Waals surface area contributed by atoms with Crippen LogP contribution in [-0.2, 0) is 0 Å². The van der Waals surface area contributed by atoms with Crippen molar-refractivity contribution in [3.8, 4) is 0 Å². The second-order valence-electron chi connectivity index (χ2n) is 4.68. The minimum Gasteiger partial charge on any atom is -0.300 e. The summed E-state index contributed by atoms with van der Waals surface area (Å²) in [6.07, 6.45) is 7.38. The summed E-state index contributed by atoms with van der Waals surface area (Å²) in [5, 5.41) is 0. The lowest BCUT2D eigenvalue weighted by molar-refractivity contribution is 0.140. The standard InChI is InChI=1S/C11H21N/c1-3-10-8-11(6-5-7-11)9-12(10)4-2/h10H,3-9H2,1-2H3. The lowest BCUT2D eigenvalue weighted by Crippen LogP contribution is -2.33. The third-order valence-corrected chi connectivity index (χ3v) is 4.02. The SMILES string of the molecule is CCC1CC2(CCC2)CN1CC. The van der Waals surface area contributed by atoms with Crippen LogP contribution in [0.1, 0.15) is 46.0 Å². The summed E-state index contributed by atoms with van der Waals surface area (Å²) in [4.78, 5) is 2.69. The van der Waals surface area contributed by atoms with Gasteiger partial charge in [-0.2, -0.15) is 0 Å². The fourth-order valence-corrected chi connectivity index (χ4v) is 3.06. The van der Waals surface area contributed by atoms with Crippen LogP contribution in [0.4, 0.5) is 0 Å². The number of hydrogen-bond acceptors (Lipinski definition) is 1. The van der Waals surface area contributed by atoms with Gasteiger partial charge in [0.15, 0.2) is 0 Å². The summed E-state index contributed by atoms with van der Waals surface area (Å²) in [5.74, 6) is 0. The second-order valence-corrected chi connectivity index (χ2v) is 4.68. The summed E-state index contributed by atoms with van der Waals surface area (Å²) in [6, 6.07) is 0.912. The molecule has 2 fully saturated rings. The van der Waals surface area contributed by atoms with E-state index in [0.29, 0.717) is 0 Å². The minimum atomic E-state index is 0.788. The van der Waals surface area contributed by atoms with E-state index in [1.165, 1.54) is 45.2 Å². The molecule has 0 radical (unpaired) electrons. The predicted molar refractivity (Wildman–Crippen MR) is 52.2 cm³/mol. The number of rotatable bonds is 2. The van der Waals surface area contributed by atoms with E-state index in [0.717, 1.165) is 11.5 Å². The first-order valence-corrected chi connectivity index (χ1v) is 5.54. The van der Waals surface area contributed by atoms with E-state index in [4.69, 9.17) is 0 Å². The molecule has 1 saturated carbocycles. The quantitative estimate of drug-likeness (QED) is 0.611. The van der Waals surface area contributed by atoms with Crippen molar-refractivity contribution < 1.29 is 0 Å². The zero-order chi connectivity index (χ0) is 8.60. The van der Waals surface area contributed by atoms with Gasteiger partial charge in [-0.1, -0.05) is 20.3 Å². The predicted octanol–water partition coefficient (Wildman–Crippen LogP) is 2.66. The third kappa shape index (κ3) is 1.19.